The van der Waals surface area contributed by atoms with Gasteiger partial charge in [-0.2, -0.15) is 0 Å². The number of ether oxygens (including phenoxy) is 2. The lowest BCUT2D eigenvalue weighted by Crippen LogP contribution is -2.24. The Balaban J connectivity index is 2.03. The van der Waals surface area contributed by atoms with Crippen molar-refractivity contribution in [1.29, 1.82) is 0 Å². The average Bonchev–Trinajstić information content (AvgIpc) is 3.01. The van der Waals surface area contributed by atoms with Gasteiger partial charge in [-0.3, -0.25) is 4.79 Å². The van der Waals surface area contributed by atoms with E-state index in [2.05, 4.69) is 37.1 Å². The van der Waals surface area contributed by atoms with Crippen molar-refractivity contribution in [2.24, 2.45) is 0 Å². The molecule has 6 heteroatoms. The van der Waals surface area contributed by atoms with Gasteiger partial charge in [0.05, 0.1) is 12.3 Å². The normalized spacial score (nSPS) is 14.8. The van der Waals surface area contributed by atoms with Crippen molar-refractivity contribution >= 4 is 22.4 Å². The topological polar surface area (TPSA) is 60.5 Å². The molecule has 0 radical (unpaired) electrons. The maximum atomic E-state index is 11.3. The lowest BCUT2D eigenvalue weighted by atomic mass is 9.99. The van der Waals surface area contributed by atoms with Crippen LogP contribution in [0.3, 0.4) is 0 Å². The minimum atomic E-state index is -0.232. The van der Waals surface area contributed by atoms with E-state index in [4.69, 9.17) is 9.47 Å². The van der Waals surface area contributed by atoms with Gasteiger partial charge in [0.15, 0.2) is 16.6 Å². The first-order valence-corrected chi connectivity index (χ1v) is 9.35. The van der Waals surface area contributed by atoms with Gasteiger partial charge in [-0.25, -0.2) is 4.98 Å². The smallest absolute Gasteiger partial charge is 0.223 e. The second-order valence-electron chi connectivity index (χ2n) is 6.95. The van der Waals surface area contributed by atoms with Crippen molar-refractivity contribution in [2.45, 2.75) is 53.1 Å². The number of hydrogen-bond donors (Lipinski definition) is 1. The number of carbonyl (C=O) groups excluding carboxylic acids is 1. The Morgan fingerprint density at radius 1 is 1.44 bits per heavy atom. The van der Waals surface area contributed by atoms with Gasteiger partial charge in [-0.15, -0.1) is 11.3 Å². The first-order valence-electron chi connectivity index (χ1n) is 8.53. The Bertz CT molecular complexity index is 811. The summed E-state index contributed by atoms with van der Waals surface area (Å²) in [5.41, 5.74) is 2.78. The quantitative estimate of drug-likeness (QED) is 0.848. The number of nitrogens with one attached hydrogen (secondary N) is 1. The third-order valence-electron chi connectivity index (χ3n) is 3.94. The van der Waals surface area contributed by atoms with E-state index in [0.29, 0.717) is 11.7 Å². The van der Waals surface area contributed by atoms with E-state index < -0.39 is 0 Å². The highest BCUT2D eigenvalue weighted by molar-refractivity contribution is 7.16. The monoisotopic (exact) mass is 360 g/mol. The Kier molecular flexibility index (Phi) is 4.73. The SMILES string of the molecule is CCCOc1cc(-c2nc(NC(C)=O)sc2C)cc2c1OC(C)(C)C2. The molecule has 0 saturated heterocycles. The zero-order valence-corrected chi connectivity index (χ0v) is 16.2. The van der Waals surface area contributed by atoms with Crippen molar-refractivity contribution in [3.63, 3.8) is 0 Å². The van der Waals surface area contributed by atoms with Crippen LogP contribution in [0.4, 0.5) is 5.13 Å². The molecule has 1 aromatic carbocycles. The van der Waals surface area contributed by atoms with Gasteiger partial charge in [0, 0.05) is 29.3 Å². The largest absolute Gasteiger partial charge is 0.490 e. The molecule has 0 unspecified atom stereocenters. The number of fused-ring (bicyclic) bond motifs is 1. The Morgan fingerprint density at radius 3 is 2.88 bits per heavy atom. The zero-order valence-electron chi connectivity index (χ0n) is 15.4. The molecule has 3 rings (SSSR count). The lowest BCUT2D eigenvalue weighted by Gasteiger charge is -2.18. The minimum Gasteiger partial charge on any atom is -0.490 e. The van der Waals surface area contributed by atoms with Crippen LogP contribution in [0.5, 0.6) is 11.5 Å². The molecule has 1 N–H and O–H groups in total. The predicted octanol–water partition coefficient (Wildman–Crippen LogP) is 4.58. The Hall–Kier alpha value is -2.08. The highest BCUT2D eigenvalue weighted by Crippen LogP contribution is 2.45. The van der Waals surface area contributed by atoms with Gasteiger partial charge in [0.25, 0.3) is 0 Å². The highest BCUT2D eigenvalue weighted by atomic mass is 32.1. The fraction of sp³-hybridized carbons (Fsp3) is 0.474. The van der Waals surface area contributed by atoms with E-state index in [-0.39, 0.29) is 11.5 Å². The van der Waals surface area contributed by atoms with E-state index in [1.165, 1.54) is 18.3 Å². The molecule has 0 aliphatic carbocycles. The zero-order chi connectivity index (χ0) is 18.2. The number of rotatable bonds is 5. The molecule has 134 valence electrons. The van der Waals surface area contributed by atoms with Crippen LogP contribution in [0.2, 0.25) is 0 Å². The van der Waals surface area contributed by atoms with E-state index in [1.54, 1.807) is 0 Å². The van der Waals surface area contributed by atoms with Crippen LogP contribution < -0.4 is 14.8 Å². The van der Waals surface area contributed by atoms with Crippen LogP contribution in [0.25, 0.3) is 11.3 Å². The summed E-state index contributed by atoms with van der Waals surface area (Å²) in [5.74, 6) is 1.50. The van der Waals surface area contributed by atoms with Crippen LogP contribution >= 0.6 is 11.3 Å². The van der Waals surface area contributed by atoms with E-state index in [0.717, 1.165) is 46.0 Å². The average molecular weight is 360 g/mol. The van der Waals surface area contributed by atoms with E-state index in [1.807, 2.05) is 13.0 Å². The number of carbonyl (C=O) groups is 1. The lowest BCUT2D eigenvalue weighted by molar-refractivity contribution is -0.114. The molecule has 25 heavy (non-hydrogen) atoms. The van der Waals surface area contributed by atoms with Crippen molar-refractivity contribution in [2.75, 3.05) is 11.9 Å². The summed E-state index contributed by atoms with van der Waals surface area (Å²) in [5, 5.41) is 3.38. The minimum absolute atomic E-state index is 0.114. The molecular weight excluding hydrogens is 336 g/mol. The molecule has 0 fully saturated rings. The van der Waals surface area contributed by atoms with Crippen LogP contribution in [0.1, 0.15) is 44.6 Å². The maximum Gasteiger partial charge on any atom is 0.223 e. The molecular formula is C19H24N2O3S. The van der Waals surface area contributed by atoms with Gasteiger partial charge in [-0.1, -0.05) is 6.92 Å². The second kappa shape index (κ2) is 6.67. The number of aromatic nitrogens is 1. The molecule has 0 atom stereocenters. The number of anilines is 1. The molecule has 1 amide bonds. The summed E-state index contributed by atoms with van der Waals surface area (Å²) in [4.78, 5) is 16.9. The third kappa shape index (κ3) is 3.79. The van der Waals surface area contributed by atoms with Crippen LogP contribution in [0, 0.1) is 6.92 Å². The molecule has 1 aromatic heterocycles. The molecule has 0 spiro atoms. The molecule has 0 saturated carbocycles. The first kappa shape index (κ1) is 17.7. The first-order chi connectivity index (χ1) is 11.8. The number of benzene rings is 1. The summed E-state index contributed by atoms with van der Waals surface area (Å²) in [6.45, 7) is 10.4. The fourth-order valence-electron chi connectivity index (χ4n) is 3.00. The molecule has 5 nitrogen and oxygen atoms in total. The van der Waals surface area contributed by atoms with Crippen LogP contribution in [-0.4, -0.2) is 23.1 Å². The van der Waals surface area contributed by atoms with Crippen LogP contribution in [-0.2, 0) is 11.2 Å². The van der Waals surface area contributed by atoms with Gasteiger partial charge in [0.2, 0.25) is 5.91 Å². The Labute approximate surface area is 152 Å². The Morgan fingerprint density at radius 2 is 2.20 bits per heavy atom. The summed E-state index contributed by atoms with van der Waals surface area (Å²) >= 11 is 1.48. The number of amides is 1. The standard InChI is InChI=1S/C19H24N2O3S/c1-6-7-23-15-9-13(8-14-10-19(4,5)24-17(14)15)16-11(2)25-18(21-16)20-12(3)22/h8-9H,6-7,10H2,1-5H3,(H,20,21,22). The summed E-state index contributed by atoms with van der Waals surface area (Å²) in [6.07, 6.45) is 1.77. The number of aryl methyl sites for hydroxylation is 1. The van der Waals surface area contributed by atoms with E-state index >= 15 is 0 Å². The molecule has 2 aromatic rings. The predicted molar refractivity (Wildman–Crippen MR) is 101 cm³/mol. The van der Waals surface area contributed by atoms with Gasteiger partial charge in [0.1, 0.15) is 5.60 Å². The molecule has 1 aliphatic rings. The number of hydrogen-bond acceptors (Lipinski definition) is 5. The number of nitrogens with zero attached hydrogens (tertiary/aromatic N) is 1. The number of thiazole rings is 1. The molecule has 1 aliphatic heterocycles. The highest BCUT2D eigenvalue weighted by Gasteiger charge is 2.33. The second-order valence-corrected chi connectivity index (χ2v) is 8.16. The van der Waals surface area contributed by atoms with Gasteiger partial charge in [-0.05, 0) is 39.3 Å². The van der Waals surface area contributed by atoms with Gasteiger partial charge >= 0.3 is 0 Å². The molecule has 0 bridgehead atoms. The molecule has 2 heterocycles. The fourth-order valence-corrected chi connectivity index (χ4v) is 3.88. The van der Waals surface area contributed by atoms with Gasteiger partial charge < -0.3 is 14.8 Å². The van der Waals surface area contributed by atoms with Crippen LogP contribution in [0.15, 0.2) is 12.1 Å². The van der Waals surface area contributed by atoms with Crippen molar-refractivity contribution in [1.82, 2.24) is 4.98 Å². The maximum absolute atomic E-state index is 11.3. The van der Waals surface area contributed by atoms with E-state index in [9.17, 15) is 4.79 Å². The summed E-state index contributed by atoms with van der Waals surface area (Å²) in [6, 6.07) is 4.12. The summed E-state index contributed by atoms with van der Waals surface area (Å²) in [7, 11) is 0. The van der Waals surface area contributed by atoms with Crippen molar-refractivity contribution in [3.8, 4) is 22.8 Å². The third-order valence-corrected chi connectivity index (χ3v) is 4.83. The van der Waals surface area contributed by atoms with Crippen molar-refractivity contribution in [3.05, 3.63) is 22.6 Å². The van der Waals surface area contributed by atoms with Crippen molar-refractivity contribution < 1.29 is 14.3 Å². The summed E-state index contributed by atoms with van der Waals surface area (Å²) < 4.78 is 12.0.